The Morgan fingerprint density at radius 1 is 1.36 bits per heavy atom. The van der Waals surface area contributed by atoms with E-state index in [0.717, 1.165) is 30.8 Å². The summed E-state index contributed by atoms with van der Waals surface area (Å²) >= 11 is 0. The van der Waals surface area contributed by atoms with Gasteiger partial charge in [0.25, 0.3) is 5.91 Å². The van der Waals surface area contributed by atoms with Gasteiger partial charge in [-0.1, -0.05) is 0 Å². The van der Waals surface area contributed by atoms with Crippen molar-refractivity contribution in [2.75, 3.05) is 26.2 Å². The predicted octanol–water partition coefficient (Wildman–Crippen LogP) is -1.18. The second-order valence-corrected chi connectivity index (χ2v) is 7.57. The van der Waals surface area contributed by atoms with E-state index >= 15 is 0 Å². The van der Waals surface area contributed by atoms with Gasteiger partial charge in [0.1, 0.15) is 0 Å². The molecule has 4 N–H and O–H groups in total. The first kappa shape index (κ1) is 18.3. The number of ether oxygens (including phenoxy) is 1. The SMILES string of the molecule is NC(=O)[C@@]1(OCC2CCNCC2)CC[C@@H]2CN1C(=O)N2OS(=O)(=O)O. The van der Waals surface area contributed by atoms with Gasteiger partial charge >= 0.3 is 16.4 Å². The molecular weight excluding hydrogens is 356 g/mol. The highest BCUT2D eigenvalue weighted by molar-refractivity contribution is 7.80. The summed E-state index contributed by atoms with van der Waals surface area (Å²) in [5.74, 6) is -0.556. The average Bonchev–Trinajstić information content (AvgIpc) is 2.80. The Kier molecular flexibility index (Phi) is 4.90. The van der Waals surface area contributed by atoms with Gasteiger partial charge in [0, 0.05) is 13.0 Å². The number of hydroxylamine groups is 2. The fraction of sp³-hybridized carbons (Fsp3) is 0.846. The largest absolute Gasteiger partial charge is 0.418 e. The second kappa shape index (κ2) is 6.68. The number of nitrogens with zero attached hydrogens (tertiary/aromatic N) is 2. The Morgan fingerprint density at radius 2 is 2.04 bits per heavy atom. The van der Waals surface area contributed by atoms with Crippen LogP contribution in [0.5, 0.6) is 0 Å². The Bertz CT molecular complexity index is 651. The summed E-state index contributed by atoms with van der Waals surface area (Å²) in [7, 11) is -4.85. The number of piperidine rings is 2. The van der Waals surface area contributed by atoms with Crippen molar-refractivity contribution in [3.63, 3.8) is 0 Å². The standard InChI is InChI=1S/C13H22N4O7S/c14-11(18)13(23-8-9-2-5-15-6-3-9)4-1-10-7-16(13)12(19)17(10)24-25(20,21)22/h9-10,15H,1-8H2,(H2,14,18)(H,20,21,22)/t10-,13+/m1/s1. The first-order valence-electron chi connectivity index (χ1n) is 8.15. The van der Waals surface area contributed by atoms with Crippen LogP contribution in [-0.4, -0.2) is 72.9 Å². The third-order valence-electron chi connectivity index (χ3n) is 4.97. The molecule has 3 heterocycles. The van der Waals surface area contributed by atoms with E-state index in [1.165, 1.54) is 0 Å². The molecule has 3 fully saturated rings. The lowest BCUT2D eigenvalue weighted by atomic mass is 9.95. The van der Waals surface area contributed by atoms with Gasteiger partial charge < -0.3 is 15.8 Å². The average molecular weight is 378 g/mol. The highest BCUT2D eigenvalue weighted by Gasteiger charge is 2.58. The number of amides is 3. The van der Waals surface area contributed by atoms with Gasteiger partial charge in [-0.2, -0.15) is 13.5 Å². The van der Waals surface area contributed by atoms with Crippen molar-refractivity contribution in [1.82, 2.24) is 15.3 Å². The summed E-state index contributed by atoms with van der Waals surface area (Å²) in [5.41, 5.74) is 3.91. The molecule has 3 aliphatic rings. The topological polar surface area (TPSA) is 151 Å². The Balaban J connectivity index is 1.76. The van der Waals surface area contributed by atoms with Crippen LogP contribution in [0.3, 0.4) is 0 Å². The zero-order valence-electron chi connectivity index (χ0n) is 13.6. The number of hydrogen-bond acceptors (Lipinski definition) is 7. The van der Waals surface area contributed by atoms with E-state index in [-0.39, 0.29) is 31.9 Å². The molecule has 11 nitrogen and oxygen atoms in total. The maximum absolute atomic E-state index is 12.5. The third-order valence-corrected chi connectivity index (χ3v) is 5.32. The first-order valence-corrected chi connectivity index (χ1v) is 9.52. The molecule has 0 aromatic rings. The highest BCUT2D eigenvalue weighted by Crippen LogP contribution is 2.38. The lowest BCUT2D eigenvalue weighted by Gasteiger charge is -2.41. The fourth-order valence-corrected chi connectivity index (χ4v) is 4.01. The number of hydrogen-bond donors (Lipinski definition) is 3. The minimum absolute atomic E-state index is 0.0313. The molecule has 0 aromatic carbocycles. The molecule has 0 radical (unpaired) electrons. The molecule has 12 heteroatoms. The summed E-state index contributed by atoms with van der Waals surface area (Å²) in [6, 6.07) is -1.48. The van der Waals surface area contributed by atoms with Crippen molar-refractivity contribution in [3.05, 3.63) is 0 Å². The van der Waals surface area contributed by atoms with Crippen LogP contribution in [0.25, 0.3) is 0 Å². The minimum Gasteiger partial charge on any atom is -0.365 e. The van der Waals surface area contributed by atoms with E-state index in [1.54, 1.807) is 0 Å². The van der Waals surface area contributed by atoms with Gasteiger partial charge in [0.2, 0.25) is 5.72 Å². The number of primary amides is 1. The van der Waals surface area contributed by atoms with Crippen LogP contribution in [0.2, 0.25) is 0 Å². The first-order chi connectivity index (χ1) is 11.7. The normalized spacial score (nSPS) is 30.8. The Labute approximate surface area is 145 Å². The van der Waals surface area contributed by atoms with Gasteiger partial charge in [-0.05, 0) is 38.3 Å². The lowest BCUT2D eigenvalue weighted by Crippen LogP contribution is -2.62. The summed E-state index contributed by atoms with van der Waals surface area (Å²) in [6.07, 6.45) is 2.18. The van der Waals surface area contributed by atoms with E-state index in [1.807, 2.05) is 0 Å². The molecule has 0 aromatic heterocycles. The second-order valence-electron chi connectivity index (χ2n) is 6.57. The zero-order valence-corrected chi connectivity index (χ0v) is 14.4. The van der Waals surface area contributed by atoms with Crippen LogP contribution < -0.4 is 11.1 Å². The fourth-order valence-electron chi connectivity index (χ4n) is 3.62. The number of carbonyl (C=O) groups is 2. The van der Waals surface area contributed by atoms with Gasteiger partial charge in [0.05, 0.1) is 12.6 Å². The molecule has 2 atom stereocenters. The number of carbonyl (C=O) groups excluding carboxylic acids is 2. The molecule has 0 unspecified atom stereocenters. The summed E-state index contributed by atoms with van der Waals surface area (Å²) in [6.45, 7) is 2.03. The quantitative estimate of drug-likeness (QED) is 0.488. The number of fused-ring (bicyclic) bond motifs is 2. The predicted molar refractivity (Wildman–Crippen MR) is 83.1 cm³/mol. The van der Waals surface area contributed by atoms with Crippen molar-refractivity contribution in [2.24, 2.45) is 11.7 Å². The van der Waals surface area contributed by atoms with E-state index < -0.39 is 34.1 Å². The van der Waals surface area contributed by atoms with Crippen LogP contribution in [0.15, 0.2) is 0 Å². The molecule has 0 saturated carbocycles. The van der Waals surface area contributed by atoms with Crippen LogP contribution in [0.1, 0.15) is 25.7 Å². The van der Waals surface area contributed by atoms with Crippen LogP contribution >= 0.6 is 0 Å². The Hall–Kier alpha value is -1.47. The maximum atomic E-state index is 12.5. The summed E-state index contributed by atoms with van der Waals surface area (Å²) in [4.78, 5) is 25.7. The van der Waals surface area contributed by atoms with Gasteiger partial charge in [-0.25, -0.2) is 4.79 Å². The minimum atomic E-state index is -4.85. The summed E-state index contributed by atoms with van der Waals surface area (Å²) in [5, 5.41) is 3.79. The van der Waals surface area contributed by atoms with E-state index in [9.17, 15) is 18.0 Å². The maximum Gasteiger partial charge on any atom is 0.418 e. The van der Waals surface area contributed by atoms with Crippen molar-refractivity contribution in [1.29, 1.82) is 0 Å². The summed E-state index contributed by atoms with van der Waals surface area (Å²) < 4.78 is 40.9. The molecule has 3 rings (SSSR count). The van der Waals surface area contributed by atoms with Crippen molar-refractivity contribution < 1.29 is 31.6 Å². The molecule has 0 aliphatic carbocycles. The van der Waals surface area contributed by atoms with Crippen LogP contribution in [-0.2, 0) is 24.2 Å². The molecule has 3 saturated heterocycles. The van der Waals surface area contributed by atoms with E-state index in [2.05, 4.69) is 9.60 Å². The van der Waals surface area contributed by atoms with Crippen molar-refractivity contribution >= 4 is 22.3 Å². The molecular formula is C13H22N4O7S. The Morgan fingerprint density at radius 3 is 2.64 bits per heavy atom. The molecule has 3 amide bonds. The van der Waals surface area contributed by atoms with Gasteiger partial charge in [-0.15, -0.1) is 4.28 Å². The number of nitrogens with two attached hydrogens (primary N) is 1. The molecule has 0 spiro atoms. The van der Waals surface area contributed by atoms with Crippen molar-refractivity contribution in [3.8, 4) is 0 Å². The molecule has 3 aliphatic heterocycles. The number of nitrogens with one attached hydrogen (secondary N) is 1. The van der Waals surface area contributed by atoms with Crippen LogP contribution in [0.4, 0.5) is 4.79 Å². The monoisotopic (exact) mass is 378 g/mol. The lowest BCUT2D eigenvalue weighted by molar-refractivity contribution is -0.178. The van der Waals surface area contributed by atoms with Gasteiger partial charge in [0.15, 0.2) is 0 Å². The number of urea groups is 1. The smallest absolute Gasteiger partial charge is 0.365 e. The van der Waals surface area contributed by atoms with E-state index in [0.29, 0.717) is 5.06 Å². The van der Waals surface area contributed by atoms with Gasteiger partial charge in [-0.3, -0.25) is 14.2 Å². The van der Waals surface area contributed by atoms with Crippen molar-refractivity contribution in [2.45, 2.75) is 37.5 Å². The molecule has 25 heavy (non-hydrogen) atoms. The molecule has 2 bridgehead atoms. The zero-order chi connectivity index (χ0) is 18.2. The number of rotatable bonds is 6. The van der Waals surface area contributed by atoms with E-state index in [4.69, 9.17) is 15.0 Å². The van der Waals surface area contributed by atoms with Crippen LogP contribution in [0, 0.1) is 5.92 Å². The highest BCUT2D eigenvalue weighted by atomic mass is 32.3. The molecule has 142 valence electrons. The third kappa shape index (κ3) is 3.58.